The molecule has 0 bridgehead atoms. The van der Waals surface area contributed by atoms with Crippen molar-refractivity contribution in [1.29, 1.82) is 0 Å². The van der Waals surface area contributed by atoms with Crippen LogP contribution in [-0.2, 0) is 10.2 Å². The number of nitrogens with zero attached hydrogens (tertiary/aromatic N) is 6. The average molecular weight is 621 g/mol. The van der Waals surface area contributed by atoms with Crippen molar-refractivity contribution in [3.8, 4) is 17.0 Å². The van der Waals surface area contributed by atoms with Crippen LogP contribution in [0.3, 0.4) is 0 Å². The summed E-state index contributed by atoms with van der Waals surface area (Å²) < 4.78 is 48.2. The second-order valence-corrected chi connectivity index (χ2v) is 13.1. The van der Waals surface area contributed by atoms with Gasteiger partial charge in [-0.1, -0.05) is 38.1 Å². The van der Waals surface area contributed by atoms with Gasteiger partial charge < -0.3 is 15.1 Å². The summed E-state index contributed by atoms with van der Waals surface area (Å²) >= 11 is 7.79. The number of phenolic OH excluding ortho intramolecular Hbond substituents is 1. The molecule has 1 fully saturated rings. The summed E-state index contributed by atoms with van der Waals surface area (Å²) in [7, 11) is -4.41. The highest BCUT2D eigenvalue weighted by Gasteiger charge is 2.42. The minimum absolute atomic E-state index is 0.00547. The standard InChI is InChI=1S/C27H30ClFN6O4S2/c1-6-21(37)33-11-16(5)34(12-15(33)4)26-17-10-18(28)24(22-19(29)8-7-9-20(22)36)31-25(17)35(41(38,39)32-26)27-23(14(2)3)30-13-40-27/h6-10,13-16,21,36-37H,1,11-12H2,2-5H3/t15-,16+,21?/m1/s1. The minimum Gasteiger partial charge on any atom is -0.507 e. The van der Waals surface area contributed by atoms with Gasteiger partial charge >= 0.3 is 10.2 Å². The summed E-state index contributed by atoms with van der Waals surface area (Å²) in [6.07, 6.45) is 0.585. The molecular weight excluding hydrogens is 591 g/mol. The molecule has 218 valence electrons. The summed E-state index contributed by atoms with van der Waals surface area (Å²) in [6, 6.07) is 4.87. The second-order valence-electron chi connectivity index (χ2n) is 10.4. The number of pyridine rings is 1. The molecule has 4 heterocycles. The number of hydrogen-bond donors (Lipinski definition) is 2. The van der Waals surface area contributed by atoms with E-state index in [4.69, 9.17) is 11.6 Å². The Morgan fingerprint density at radius 2 is 1.98 bits per heavy atom. The van der Waals surface area contributed by atoms with Crippen molar-refractivity contribution in [2.75, 3.05) is 17.4 Å². The lowest BCUT2D eigenvalue weighted by molar-refractivity contribution is -0.0293. The van der Waals surface area contributed by atoms with Crippen LogP contribution in [0.15, 0.2) is 46.8 Å². The highest BCUT2D eigenvalue weighted by Crippen LogP contribution is 2.45. The zero-order valence-electron chi connectivity index (χ0n) is 22.9. The van der Waals surface area contributed by atoms with Gasteiger partial charge in [0.05, 0.1) is 33.0 Å². The largest absolute Gasteiger partial charge is 0.507 e. The predicted molar refractivity (Wildman–Crippen MR) is 159 cm³/mol. The van der Waals surface area contributed by atoms with E-state index in [1.54, 1.807) is 5.51 Å². The Bertz CT molecular complexity index is 1630. The number of benzene rings is 1. The quantitative estimate of drug-likeness (QED) is 0.388. The van der Waals surface area contributed by atoms with Crippen LogP contribution >= 0.6 is 22.9 Å². The number of amidine groups is 1. The van der Waals surface area contributed by atoms with Crippen LogP contribution in [0.5, 0.6) is 5.75 Å². The first kappa shape index (κ1) is 29.4. The van der Waals surface area contributed by atoms with E-state index in [0.29, 0.717) is 29.3 Å². The van der Waals surface area contributed by atoms with Crippen LogP contribution in [0.25, 0.3) is 11.3 Å². The van der Waals surface area contributed by atoms with E-state index in [1.165, 1.54) is 24.3 Å². The van der Waals surface area contributed by atoms with E-state index in [0.717, 1.165) is 21.7 Å². The molecule has 2 aliphatic heterocycles. The normalized spacial score (nSPS) is 21.5. The highest BCUT2D eigenvalue weighted by molar-refractivity contribution is 7.92. The molecule has 0 amide bonds. The molecule has 2 aliphatic rings. The fourth-order valence-corrected chi connectivity index (χ4v) is 7.87. The Labute approximate surface area is 247 Å². The summed E-state index contributed by atoms with van der Waals surface area (Å²) in [5.74, 6) is -1.17. The third-order valence-corrected chi connectivity index (χ3v) is 9.66. The molecule has 1 saturated heterocycles. The van der Waals surface area contributed by atoms with Crippen molar-refractivity contribution in [3.63, 3.8) is 0 Å². The maximum Gasteiger partial charge on any atom is 0.353 e. The number of thiazole rings is 1. The molecule has 0 aliphatic carbocycles. The number of rotatable bonds is 5. The summed E-state index contributed by atoms with van der Waals surface area (Å²) in [5.41, 5.74) is 2.04. The summed E-state index contributed by atoms with van der Waals surface area (Å²) in [5, 5.41) is 21.2. The van der Waals surface area contributed by atoms with Gasteiger partial charge in [0, 0.05) is 25.2 Å². The monoisotopic (exact) mass is 620 g/mol. The molecule has 0 saturated carbocycles. The topological polar surface area (TPSA) is 122 Å². The minimum atomic E-state index is -4.41. The van der Waals surface area contributed by atoms with Gasteiger partial charge in [-0.2, -0.15) is 12.7 Å². The highest BCUT2D eigenvalue weighted by atomic mass is 35.5. The first-order valence-corrected chi connectivity index (χ1v) is 15.6. The fourth-order valence-electron chi connectivity index (χ4n) is 5.19. The molecule has 0 radical (unpaired) electrons. The first-order chi connectivity index (χ1) is 19.4. The zero-order valence-corrected chi connectivity index (χ0v) is 25.3. The van der Waals surface area contributed by atoms with Crippen molar-refractivity contribution in [1.82, 2.24) is 19.8 Å². The fraction of sp³-hybridized carbons (Fsp3) is 0.370. The van der Waals surface area contributed by atoms with Gasteiger partial charge in [-0.15, -0.1) is 15.7 Å². The number of aromatic nitrogens is 2. The number of piperazine rings is 1. The molecule has 1 aromatic carbocycles. The number of hydrogen-bond acceptors (Lipinski definition) is 9. The van der Waals surface area contributed by atoms with Crippen LogP contribution in [0, 0.1) is 5.82 Å². The number of fused-ring (bicyclic) bond motifs is 1. The molecule has 41 heavy (non-hydrogen) atoms. The van der Waals surface area contributed by atoms with Crippen molar-refractivity contribution >= 4 is 49.8 Å². The third kappa shape index (κ3) is 5.10. The third-order valence-electron chi connectivity index (χ3n) is 7.21. The molecule has 10 nitrogen and oxygen atoms in total. The molecule has 5 rings (SSSR count). The van der Waals surface area contributed by atoms with Crippen molar-refractivity contribution < 1.29 is 23.0 Å². The second kappa shape index (κ2) is 11.0. The maximum atomic E-state index is 15.0. The van der Waals surface area contributed by atoms with E-state index < -0.39 is 28.0 Å². The van der Waals surface area contributed by atoms with Gasteiger partial charge in [0.15, 0.2) is 11.7 Å². The van der Waals surface area contributed by atoms with Crippen LogP contribution in [0.4, 0.5) is 15.2 Å². The Morgan fingerprint density at radius 3 is 2.63 bits per heavy atom. The molecule has 14 heteroatoms. The molecule has 0 spiro atoms. The van der Waals surface area contributed by atoms with Crippen LogP contribution in [-0.4, -0.2) is 75.6 Å². The SMILES string of the molecule is C=CC(O)N1C[C@H](C)N(C2=NS(=O)(=O)N(c3scnc3C(C)C)c3nc(-c4c(O)cccc4F)c(Cl)cc32)C[C@H]1C. The number of aliphatic hydroxyl groups is 1. The maximum absolute atomic E-state index is 15.0. The van der Waals surface area contributed by atoms with Crippen molar-refractivity contribution in [3.05, 3.63) is 64.5 Å². The lowest BCUT2D eigenvalue weighted by Gasteiger charge is -2.47. The number of aliphatic hydroxyl groups excluding tert-OH is 1. The molecule has 2 aromatic heterocycles. The lowest BCUT2D eigenvalue weighted by atomic mass is 10.0. The van der Waals surface area contributed by atoms with Gasteiger partial charge in [0.25, 0.3) is 0 Å². The van der Waals surface area contributed by atoms with Gasteiger partial charge in [-0.3, -0.25) is 4.90 Å². The molecule has 2 N–H and O–H groups in total. The Morgan fingerprint density at radius 1 is 1.24 bits per heavy atom. The first-order valence-electron chi connectivity index (χ1n) is 13.0. The molecular formula is C27H30ClFN6O4S2. The van der Waals surface area contributed by atoms with Gasteiger partial charge in [0.2, 0.25) is 0 Å². The average Bonchev–Trinajstić information content (AvgIpc) is 3.38. The van der Waals surface area contributed by atoms with Crippen LogP contribution in [0.1, 0.15) is 44.9 Å². The lowest BCUT2D eigenvalue weighted by Crippen LogP contribution is -2.61. The summed E-state index contributed by atoms with van der Waals surface area (Å²) in [4.78, 5) is 12.7. The van der Waals surface area contributed by atoms with Gasteiger partial charge in [-0.25, -0.2) is 14.4 Å². The Hall–Kier alpha value is -3.10. The molecule has 1 unspecified atom stereocenters. The van der Waals surface area contributed by atoms with Crippen molar-refractivity contribution in [2.45, 2.75) is 51.9 Å². The smallest absolute Gasteiger partial charge is 0.353 e. The number of halogens is 2. The van der Waals surface area contributed by atoms with Crippen LogP contribution in [0.2, 0.25) is 5.02 Å². The van der Waals surface area contributed by atoms with E-state index in [-0.39, 0.29) is 45.9 Å². The Balaban J connectivity index is 1.74. The van der Waals surface area contributed by atoms with E-state index in [1.807, 2.05) is 37.5 Å². The van der Waals surface area contributed by atoms with E-state index in [9.17, 15) is 23.0 Å². The summed E-state index contributed by atoms with van der Waals surface area (Å²) in [6.45, 7) is 12.0. The van der Waals surface area contributed by atoms with Crippen LogP contribution < -0.4 is 4.31 Å². The molecule has 3 aromatic rings. The number of anilines is 2. The van der Waals surface area contributed by atoms with Crippen molar-refractivity contribution in [2.24, 2.45) is 4.40 Å². The zero-order chi connectivity index (χ0) is 29.8. The van der Waals surface area contributed by atoms with Gasteiger partial charge in [-0.05, 0) is 44.0 Å². The van der Waals surface area contributed by atoms with E-state index >= 15 is 0 Å². The number of phenols is 1. The number of aromatic hydroxyl groups is 1. The Kier molecular flexibility index (Phi) is 7.85. The predicted octanol–water partition coefficient (Wildman–Crippen LogP) is 4.87. The van der Waals surface area contributed by atoms with E-state index in [2.05, 4.69) is 20.9 Å². The van der Waals surface area contributed by atoms with Gasteiger partial charge in [0.1, 0.15) is 22.8 Å². The molecule has 3 atom stereocenters.